The van der Waals surface area contributed by atoms with Gasteiger partial charge in [-0.15, -0.1) is 0 Å². The van der Waals surface area contributed by atoms with Gasteiger partial charge in [-0.05, 0) is 29.5 Å². The number of allylic oxidation sites excluding steroid dienone is 1. The first-order chi connectivity index (χ1) is 10.8. The van der Waals surface area contributed by atoms with Crippen molar-refractivity contribution in [2.75, 3.05) is 6.54 Å². The van der Waals surface area contributed by atoms with Crippen molar-refractivity contribution in [3.05, 3.63) is 77.4 Å². The highest BCUT2D eigenvalue weighted by Crippen LogP contribution is 2.31. The third-order valence-electron chi connectivity index (χ3n) is 4.12. The van der Waals surface area contributed by atoms with Crippen molar-refractivity contribution in [3.63, 3.8) is 0 Å². The van der Waals surface area contributed by atoms with Crippen LogP contribution in [0.1, 0.15) is 35.4 Å². The van der Waals surface area contributed by atoms with Gasteiger partial charge in [0.2, 0.25) is 5.91 Å². The molecule has 3 rings (SSSR count). The van der Waals surface area contributed by atoms with E-state index in [0.717, 1.165) is 19.4 Å². The summed E-state index contributed by atoms with van der Waals surface area (Å²) < 4.78 is 0. The van der Waals surface area contributed by atoms with Crippen LogP contribution >= 0.6 is 0 Å². The molecule has 0 aromatic heterocycles. The fourth-order valence-electron chi connectivity index (χ4n) is 2.94. The summed E-state index contributed by atoms with van der Waals surface area (Å²) in [5.74, 6) is 0.365. The average Bonchev–Trinajstić information content (AvgIpc) is 2.96. The van der Waals surface area contributed by atoms with Gasteiger partial charge in [0.05, 0.1) is 0 Å². The lowest BCUT2D eigenvalue weighted by atomic mass is 9.97. The zero-order valence-corrected chi connectivity index (χ0v) is 12.7. The van der Waals surface area contributed by atoms with Gasteiger partial charge in [0.1, 0.15) is 0 Å². The van der Waals surface area contributed by atoms with E-state index in [4.69, 9.17) is 0 Å². The second kappa shape index (κ2) is 7.08. The van der Waals surface area contributed by atoms with Crippen LogP contribution in [0.3, 0.4) is 0 Å². The molecule has 0 heterocycles. The highest BCUT2D eigenvalue weighted by atomic mass is 16.1. The Bertz CT molecular complexity index is 660. The maximum Gasteiger partial charge on any atom is 0.220 e. The van der Waals surface area contributed by atoms with Crippen molar-refractivity contribution >= 4 is 12.0 Å². The van der Waals surface area contributed by atoms with Crippen molar-refractivity contribution in [2.45, 2.75) is 25.2 Å². The molecule has 1 N–H and O–H groups in total. The third kappa shape index (κ3) is 3.64. The minimum absolute atomic E-state index is 0.138. The Hall–Kier alpha value is -2.35. The van der Waals surface area contributed by atoms with E-state index in [1.54, 1.807) is 0 Å². The summed E-state index contributed by atoms with van der Waals surface area (Å²) in [6.45, 7) is 0.742. The Kier molecular flexibility index (Phi) is 4.69. The molecule has 0 aliphatic heterocycles. The lowest BCUT2D eigenvalue weighted by molar-refractivity contribution is -0.121. The zero-order chi connectivity index (χ0) is 15.2. The highest BCUT2D eigenvalue weighted by Gasteiger charge is 2.19. The summed E-state index contributed by atoms with van der Waals surface area (Å²) in [6.07, 6.45) is 6.77. The predicted octanol–water partition coefficient (Wildman–Crippen LogP) is 3.94. The van der Waals surface area contributed by atoms with Crippen molar-refractivity contribution in [3.8, 4) is 0 Å². The Morgan fingerprint density at radius 2 is 1.77 bits per heavy atom. The van der Waals surface area contributed by atoms with Gasteiger partial charge in [-0.3, -0.25) is 4.79 Å². The van der Waals surface area contributed by atoms with E-state index in [2.05, 4.69) is 53.9 Å². The molecule has 0 saturated heterocycles. The monoisotopic (exact) mass is 291 g/mol. The summed E-state index contributed by atoms with van der Waals surface area (Å²) in [4.78, 5) is 12.1. The van der Waals surface area contributed by atoms with E-state index < -0.39 is 0 Å². The van der Waals surface area contributed by atoms with Crippen LogP contribution in [0.4, 0.5) is 0 Å². The molecule has 112 valence electrons. The number of hydrogen-bond acceptors (Lipinski definition) is 1. The average molecular weight is 291 g/mol. The number of amides is 1. The van der Waals surface area contributed by atoms with Gasteiger partial charge in [-0.1, -0.05) is 66.7 Å². The van der Waals surface area contributed by atoms with Crippen LogP contribution in [0.5, 0.6) is 0 Å². The maximum absolute atomic E-state index is 12.1. The number of aryl methyl sites for hydroxylation is 1. The fourth-order valence-corrected chi connectivity index (χ4v) is 2.94. The van der Waals surface area contributed by atoms with E-state index in [1.807, 2.05) is 18.2 Å². The van der Waals surface area contributed by atoms with Crippen molar-refractivity contribution < 1.29 is 4.79 Å². The predicted molar refractivity (Wildman–Crippen MR) is 90.6 cm³/mol. The van der Waals surface area contributed by atoms with Gasteiger partial charge in [0.25, 0.3) is 0 Å². The molecule has 1 atom stereocenters. The number of rotatable bonds is 6. The molecule has 1 aliphatic rings. The van der Waals surface area contributed by atoms with E-state index >= 15 is 0 Å². The summed E-state index contributed by atoms with van der Waals surface area (Å²) in [6, 6.07) is 18.7. The first-order valence-corrected chi connectivity index (χ1v) is 7.91. The second-order valence-electron chi connectivity index (χ2n) is 5.74. The van der Waals surface area contributed by atoms with Gasteiger partial charge >= 0.3 is 0 Å². The quantitative estimate of drug-likeness (QED) is 0.803. The molecule has 0 fully saturated rings. The number of carbonyl (C=O) groups excluding carboxylic acids is 1. The SMILES string of the molecule is O=C(CC1C=Cc2ccccc21)NCCCc1ccccc1. The van der Waals surface area contributed by atoms with Crippen LogP contribution in [0.2, 0.25) is 0 Å². The standard InChI is InChI=1S/C20H21NO/c22-20(21-14-6-9-16-7-2-1-3-8-16)15-18-13-12-17-10-4-5-11-19(17)18/h1-5,7-8,10-13,18H,6,9,14-15H2,(H,21,22). The molecular weight excluding hydrogens is 270 g/mol. The molecule has 1 aliphatic carbocycles. The highest BCUT2D eigenvalue weighted by molar-refractivity contribution is 5.78. The van der Waals surface area contributed by atoms with Crippen LogP contribution in [0, 0.1) is 0 Å². The summed E-state index contributed by atoms with van der Waals surface area (Å²) in [5, 5.41) is 3.04. The normalized spacial score (nSPS) is 15.5. The Labute approximate surface area is 131 Å². The molecule has 2 heteroatoms. The maximum atomic E-state index is 12.1. The zero-order valence-electron chi connectivity index (χ0n) is 12.7. The van der Waals surface area contributed by atoms with Gasteiger partial charge in [0.15, 0.2) is 0 Å². The van der Waals surface area contributed by atoms with Crippen molar-refractivity contribution in [2.24, 2.45) is 0 Å². The number of nitrogens with one attached hydrogen (secondary N) is 1. The van der Waals surface area contributed by atoms with E-state index in [0.29, 0.717) is 6.42 Å². The molecular formula is C20H21NO. The van der Waals surface area contributed by atoms with Crippen LogP contribution in [0.15, 0.2) is 60.7 Å². The minimum atomic E-state index is 0.138. The second-order valence-corrected chi connectivity index (χ2v) is 5.74. The molecule has 0 spiro atoms. The Morgan fingerprint density at radius 1 is 1.00 bits per heavy atom. The van der Waals surface area contributed by atoms with Crippen LogP contribution in [-0.2, 0) is 11.2 Å². The van der Waals surface area contributed by atoms with E-state index in [1.165, 1.54) is 16.7 Å². The van der Waals surface area contributed by atoms with Gasteiger partial charge < -0.3 is 5.32 Å². The summed E-state index contributed by atoms with van der Waals surface area (Å²) in [7, 11) is 0. The number of fused-ring (bicyclic) bond motifs is 1. The van der Waals surface area contributed by atoms with Gasteiger partial charge in [-0.25, -0.2) is 0 Å². The topological polar surface area (TPSA) is 29.1 Å². The summed E-state index contributed by atoms with van der Waals surface area (Å²) >= 11 is 0. The third-order valence-corrected chi connectivity index (χ3v) is 4.12. The summed E-state index contributed by atoms with van der Waals surface area (Å²) in [5.41, 5.74) is 3.83. The number of hydrogen-bond donors (Lipinski definition) is 1. The van der Waals surface area contributed by atoms with E-state index in [9.17, 15) is 4.79 Å². The molecule has 22 heavy (non-hydrogen) atoms. The molecule has 0 radical (unpaired) electrons. The molecule has 2 nitrogen and oxygen atoms in total. The lowest BCUT2D eigenvalue weighted by Gasteiger charge is -2.11. The van der Waals surface area contributed by atoms with Crippen molar-refractivity contribution in [1.29, 1.82) is 0 Å². The number of benzene rings is 2. The van der Waals surface area contributed by atoms with E-state index in [-0.39, 0.29) is 11.8 Å². The van der Waals surface area contributed by atoms with Crippen LogP contribution in [-0.4, -0.2) is 12.5 Å². The van der Waals surface area contributed by atoms with Crippen molar-refractivity contribution in [1.82, 2.24) is 5.32 Å². The Morgan fingerprint density at radius 3 is 2.64 bits per heavy atom. The number of carbonyl (C=O) groups is 1. The Balaban J connectivity index is 1.41. The lowest BCUT2D eigenvalue weighted by Crippen LogP contribution is -2.25. The molecule has 2 aromatic carbocycles. The van der Waals surface area contributed by atoms with Crippen LogP contribution in [0.25, 0.3) is 6.08 Å². The molecule has 0 bridgehead atoms. The first-order valence-electron chi connectivity index (χ1n) is 7.91. The first kappa shape index (κ1) is 14.6. The molecule has 0 saturated carbocycles. The largest absolute Gasteiger partial charge is 0.356 e. The smallest absolute Gasteiger partial charge is 0.220 e. The fraction of sp³-hybridized carbons (Fsp3) is 0.250. The molecule has 2 aromatic rings. The minimum Gasteiger partial charge on any atom is -0.356 e. The molecule has 1 amide bonds. The van der Waals surface area contributed by atoms with Gasteiger partial charge in [-0.2, -0.15) is 0 Å². The van der Waals surface area contributed by atoms with Crippen LogP contribution < -0.4 is 5.32 Å². The van der Waals surface area contributed by atoms with Gasteiger partial charge in [0, 0.05) is 18.9 Å². The molecule has 1 unspecified atom stereocenters.